The molecule has 0 fully saturated rings. The molecule has 5 heterocycles. The molecule has 0 saturated heterocycles. The summed E-state index contributed by atoms with van der Waals surface area (Å²) < 4.78 is 6.91. The van der Waals surface area contributed by atoms with E-state index in [-0.39, 0.29) is 11.6 Å². The molecule has 28 heavy (non-hydrogen) atoms. The maximum Gasteiger partial charge on any atom is 0.252 e. The standard InChI is InChI=1S/C12H12N6O.C7H6N2/c1-19-12-9(4-13)14-5-11(17-12)18-3-2-8-10(6-18)16-7-15-8;1-2-6-9-7(3-1)4-5-8-9/h5,7H,2-3,6H2,1H3,(H,15,16);1-6H. The Kier molecular flexibility index (Phi) is 4.84. The van der Waals surface area contributed by atoms with Crippen LogP contribution < -0.4 is 9.64 Å². The van der Waals surface area contributed by atoms with E-state index in [1.807, 2.05) is 41.0 Å². The van der Waals surface area contributed by atoms with Crippen LogP contribution in [0.4, 0.5) is 5.82 Å². The van der Waals surface area contributed by atoms with Gasteiger partial charge in [-0.1, -0.05) is 6.07 Å². The van der Waals surface area contributed by atoms with Crippen molar-refractivity contribution in [1.82, 2.24) is 29.5 Å². The predicted octanol–water partition coefficient (Wildman–Crippen LogP) is 1.98. The van der Waals surface area contributed by atoms with Crippen LogP contribution >= 0.6 is 0 Å². The number of pyridine rings is 1. The van der Waals surface area contributed by atoms with Crippen molar-refractivity contribution < 1.29 is 4.74 Å². The number of ether oxygens (including phenoxy) is 1. The number of aromatic nitrogens is 6. The first-order valence-corrected chi connectivity index (χ1v) is 8.74. The van der Waals surface area contributed by atoms with Crippen molar-refractivity contribution in [2.45, 2.75) is 13.0 Å². The predicted molar refractivity (Wildman–Crippen MR) is 102 cm³/mol. The van der Waals surface area contributed by atoms with Gasteiger partial charge in [-0.2, -0.15) is 15.3 Å². The molecule has 0 atom stereocenters. The second-order valence-electron chi connectivity index (χ2n) is 6.10. The lowest BCUT2D eigenvalue weighted by atomic mass is 10.1. The molecule has 0 amide bonds. The van der Waals surface area contributed by atoms with E-state index in [2.05, 4.69) is 29.9 Å². The summed E-state index contributed by atoms with van der Waals surface area (Å²) in [6.07, 6.45) is 7.88. The molecule has 1 aliphatic rings. The summed E-state index contributed by atoms with van der Waals surface area (Å²) in [6.45, 7) is 1.53. The van der Waals surface area contributed by atoms with Crippen LogP contribution in [0.25, 0.3) is 5.52 Å². The Morgan fingerprint density at radius 3 is 3.00 bits per heavy atom. The lowest BCUT2D eigenvalue weighted by Gasteiger charge is -2.27. The zero-order chi connectivity index (χ0) is 19.3. The fourth-order valence-corrected chi connectivity index (χ4v) is 3.01. The van der Waals surface area contributed by atoms with Crippen LogP contribution in [0.5, 0.6) is 5.88 Å². The van der Waals surface area contributed by atoms with Gasteiger partial charge >= 0.3 is 0 Å². The summed E-state index contributed by atoms with van der Waals surface area (Å²) >= 11 is 0. The highest BCUT2D eigenvalue weighted by atomic mass is 16.5. The van der Waals surface area contributed by atoms with Gasteiger partial charge in [0.1, 0.15) is 6.07 Å². The van der Waals surface area contributed by atoms with Gasteiger partial charge in [0.25, 0.3) is 5.88 Å². The molecule has 0 bridgehead atoms. The number of nitrogens with zero attached hydrogens (tertiary/aromatic N) is 7. The Hall–Kier alpha value is -3.93. The zero-order valence-corrected chi connectivity index (χ0v) is 15.3. The summed E-state index contributed by atoms with van der Waals surface area (Å²) in [5, 5.41) is 12.9. The van der Waals surface area contributed by atoms with Gasteiger partial charge in [-0.25, -0.2) is 14.5 Å². The molecule has 5 rings (SSSR count). The Bertz CT molecular complexity index is 1100. The van der Waals surface area contributed by atoms with E-state index in [0.717, 1.165) is 29.9 Å². The number of fused-ring (bicyclic) bond motifs is 2. The van der Waals surface area contributed by atoms with Crippen molar-refractivity contribution in [2.75, 3.05) is 18.6 Å². The van der Waals surface area contributed by atoms with Crippen LogP contribution in [0.2, 0.25) is 0 Å². The Morgan fingerprint density at radius 2 is 2.18 bits per heavy atom. The summed E-state index contributed by atoms with van der Waals surface area (Å²) in [6, 6.07) is 9.90. The minimum atomic E-state index is 0.200. The maximum absolute atomic E-state index is 8.89. The van der Waals surface area contributed by atoms with Crippen molar-refractivity contribution in [2.24, 2.45) is 0 Å². The molecule has 0 aromatic carbocycles. The Balaban J connectivity index is 0.000000177. The number of rotatable bonds is 2. The summed E-state index contributed by atoms with van der Waals surface area (Å²) in [5.74, 6) is 0.964. The van der Waals surface area contributed by atoms with Crippen LogP contribution in [0, 0.1) is 11.3 Å². The van der Waals surface area contributed by atoms with Crippen LogP contribution in [-0.4, -0.2) is 43.2 Å². The first-order chi connectivity index (χ1) is 13.8. The zero-order valence-electron chi connectivity index (χ0n) is 15.3. The van der Waals surface area contributed by atoms with E-state index in [1.54, 1.807) is 18.7 Å². The quantitative estimate of drug-likeness (QED) is 0.571. The fourth-order valence-electron chi connectivity index (χ4n) is 3.01. The molecule has 0 radical (unpaired) electrons. The molecule has 9 heteroatoms. The molecule has 0 unspecified atom stereocenters. The first-order valence-electron chi connectivity index (χ1n) is 8.74. The van der Waals surface area contributed by atoms with Crippen molar-refractivity contribution in [1.29, 1.82) is 5.26 Å². The molecule has 4 aromatic heterocycles. The average molecular weight is 374 g/mol. The SMILES string of the molecule is COc1nc(N2CCc3nc[nH]c3C2)cnc1C#N.c1ccn2nccc2c1. The van der Waals surface area contributed by atoms with E-state index >= 15 is 0 Å². The van der Waals surface area contributed by atoms with E-state index in [4.69, 9.17) is 10.00 Å². The topological polar surface area (TPSA) is 108 Å². The number of hydrogen-bond donors (Lipinski definition) is 1. The lowest BCUT2D eigenvalue weighted by molar-refractivity contribution is 0.393. The third-order valence-electron chi connectivity index (χ3n) is 4.43. The van der Waals surface area contributed by atoms with E-state index in [1.165, 1.54) is 7.11 Å². The number of aromatic amines is 1. The first kappa shape index (κ1) is 17.5. The van der Waals surface area contributed by atoms with Crippen molar-refractivity contribution >= 4 is 11.3 Å². The Labute approximate surface area is 161 Å². The van der Waals surface area contributed by atoms with Crippen LogP contribution in [0.15, 0.2) is 49.2 Å². The summed E-state index contributed by atoms with van der Waals surface area (Å²) in [7, 11) is 1.48. The van der Waals surface area contributed by atoms with Crippen molar-refractivity contribution in [3.8, 4) is 11.9 Å². The van der Waals surface area contributed by atoms with Gasteiger partial charge in [-0.05, 0) is 18.2 Å². The normalized spacial score (nSPS) is 12.6. The third kappa shape index (κ3) is 3.48. The van der Waals surface area contributed by atoms with E-state index in [9.17, 15) is 0 Å². The highest BCUT2D eigenvalue weighted by Crippen LogP contribution is 2.23. The molecule has 1 N–H and O–H groups in total. The molecule has 0 spiro atoms. The average Bonchev–Trinajstić information content (AvgIpc) is 3.42. The number of nitriles is 1. The molecular formula is C19H18N8O. The molecule has 9 nitrogen and oxygen atoms in total. The second kappa shape index (κ2) is 7.75. The number of imidazole rings is 1. The van der Waals surface area contributed by atoms with Gasteiger partial charge in [-0.3, -0.25) is 0 Å². The van der Waals surface area contributed by atoms with Gasteiger partial charge in [0.15, 0.2) is 5.82 Å². The molecular weight excluding hydrogens is 356 g/mol. The molecule has 140 valence electrons. The van der Waals surface area contributed by atoms with Gasteiger partial charge in [0.05, 0.1) is 43.1 Å². The Morgan fingerprint density at radius 1 is 1.25 bits per heavy atom. The van der Waals surface area contributed by atoms with Gasteiger partial charge in [0, 0.05) is 25.4 Å². The third-order valence-corrected chi connectivity index (χ3v) is 4.43. The lowest BCUT2D eigenvalue weighted by Crippen LogP contribution is -2.31. The summed E-state index contributed by atoms with van der Waals surface area (Å²) in [5.41, 5.74) is 3.53. The maximum atomic E-state index is 8.89. The minimum absolute atomic E-state index is 0.200. The van der Waals surface area contributed by atoms with E-state index in [0.29, 0.717) is 12.4 Å². The molecule has 4 aromatic rings. The molecule has 1 aliphatic heterocycles. The molecule has 0 aliphatic carbocycles. The second-order valence-corrected chi connectivity index (χ2v) is 6.10. The van der Waals surface area contributed by atoms with Crippen molar-refractivity contribution in [3.05, 3.63) is 66.3 Å². The highest BCUT2D eigenvalue weighted by molar-refractivity contribution is 5.45. The van der Waals surface area contributed by atoms with Gasteiger partial charge in [-0.15, -0.1) is 0 Å². The van der Waals surface area contributed by atoms with Crippen LogP contribution in [0.1, 0.15) is 17.1 Å². The van der Waals surface area contributed by atoms with Gasteiger partial charge < -0.3 is 14.6 Å². The highest BCUT2D eigenvalue weighted by Gasteiger charge is 2.20. The number of methoxy groups -OCH3 is 1. The smallest absolute Gasteiger partial charge is 0.252 e. The number of anilines is 1. The molecule has 0 saturated carbocycles. The fraction of sp³-hybridized carbons (Fsp3) is 0.211. The van der Waals surface area contributed by atoms with E-state index < -0.39 is 0 Å². The number of nitrogens with one attached hydrogen (secondary N) is 1. The van der Waals surface area contributed by atoms with Gasteiger partial charge in [0.2, 0.25) is 5.69 Å². The number of H-pyrrole nitrogens is 1. The van der Waals surface area contributed by atoms with Crippen LogP contribution in [-0.2, 0) is 13.0 Å². The summed E-state index contributed by atoms with van der Waals surface area (Å²) in [4.78, 5) is 17.9. The van der Waals surface area contributed by atoms with Crippen LogP contribution in [0.3, 0.4) is 0 Å². The van der Waals surface area contributed by atoms with Crippen molar-refractivity contribution in [3.63, 3.8) is 0 Å². The largest absolute Gasteiger partial charge is 0.479 e. The minimum Gasteiger partial charge on any atom is -0.479 e. The number of hydrogen-bond acceptors (Lipinski definition) is 7. The monoisotopic (exact) mass is 374 g/mol.